The van der Waals surface area contributed by atoms with Gasteiger partial charge in [-0.3, -0.25) is 4.79 Å². The van der Waals surface area contributed by atoms with E-state index in [0.717, 1.165) is 0 Å². The molecule has 6 heteroatoms. The van der Waals surface area contributed by atoms with E-state index in [1.54, 1.807) is 0 Å². The van der Waals surface area contributed by atoms with Crippen molar-refractivity contribution in [3.05, 3.63) is 11.1 Å². The fraction of sp³-hybridized carbons (Fsp3) is 0.600. The van der Waals surface area contributed by atoms with Gasteiger partial charge >= 0.3 is 11.0 Å². The monoisotopic (exact) mass is 282 g/mol. The number of rotatable bonds is 3. The van der Waals surface area contributed by atoms with Gasteiger partial charge in [-0.05, 0) is 0 Å². The van der Waals surface area contributed by atoms with Crippen LogP contribution in [0.25, 0.3) is 0 Å². The maximum atomic E-state index is 11.5. The van der Waals surface area contributed by atoms with E-state index in [9.17, 15) is 9.59 Å². The Morgan fingerprint density at radius 3 is 2.44 bits per heavy atom. The summed E-state index contributed by atoms with van der Waals surface area (Å²) < 4.78 is 4.37. The third kappa shape index (κ3) is 3.68. The van der Waals surface area contributed by atoms with Gasteiger partial charge in [0.25, 0.3) is 0 Å². The second-order valence-corrected chi connectivity index (χ2v) is 7.15. The van der Waals surface area contributed by atoms with E-state index < -0.39 is 11.0 Å². The fourth-order valence-corrected chi connectivity index (χ4v) is 2.13. The van der Waals surface area contributed by atoms with Gasteiger partial charge in [-0.25, -0.2) is 4.79 Å². The van der Waals surface area contributed by atoms with E-state index in [1.165, 1.54) is 17.8 Å². The topological polar surface area (TPSA) is 46.7 Å². The average molecular weight is 283 g/mol. The summed E-state index contributed by atoms with van der Waals surface area (Å²) in [5.74, 6) is -0.577. The highest BCUT2D eigenvalue weighted by atomic mass is 35.5. The second kappa shape index (κ2) is 4.59. The molecule has 1 aliphatic rings. The first-order chi connectivity index (χ1) is 7.15. The normalized spacial score (nSPS) is 25.3. The number of epoxide rings is 1. The van der Waals surface area contributed by atoms with Crippen molar-refractivity contribution in [1.29, 1.82) is 0 Å². The molecule has 0 radical (unpaired) electrons. The molecule has 1 rings (SSSR count). The Hall–Kier alpha value is -0.190. The molecule has 1 fully saturated rings. The third-order valence-electron chi connectivity index (χ3n) is 1.63. The smallest absolute Gasteiger partial charge is 0.375 e. The molecule has 1 heterocycles. The number of carbonyl (C=O) groups excluding carboxylic acids is 2. The van der Waals surface area contributed by atoms with Crippen LogP contribution in [-0.2, 0) is 14.3 Å². The molecule has 0 aromatic rings. The zero-order valence-electron chi connectivity index (χ0n) is 9.17. The van der Waals surface area contributed by atoms with E-state index in [1.807, 2.05) is 20.8 Å². The minimum absolute atomic E-state index is 0.0287. The number of thioether (sulfide) groups is 1. The average Bonchev–Trinajstić information content (AvgIpc) is 2.69. The van der Waals surface area contributed by atoms with Crippen LogP contribution in [0.2, 0.25) is 0 Å². The maximum absolute atomic E-state index is 11.5. The van der Waals surface area contributed by atoms with Crippen molar-refractivity contribution in [1.82, 2.24) is 0 Å². The number of hydrogen-bond donors (Lipinski definition) is 0. The van der Waals surface area contributed by atoms with Crippen molar-refractivity contribution in [3.8, 4) is 0 Å². The van der Waals surface area contributed by atoms with E-state index in [4.69, 9.17) is 23.2 Å². The summed E-state index contributed by atoms with van der Waals surface area (Å²) >= 11 is 12.6. The number of halogens is 2. The van der Waals surface area contributed by atoms with Crippen molar-refractivity contribution in [2.45, 2.75) is 37.0 Å². The predicted octanol–water partition coefficient (Wildman–Crippen LogP) is 3.05. The molecule has 0 aliphatic carbocycles. The maximum Gasteiger partial charge on any atom is 0.375 e. The third-order valence-corrected chi connectivity index (χ3v) is 3.59. The molecule has 1 aliphatic heterocycles. The predicted molar refractivity (Wildman–Crippen MR) is 65.6 cm³/mol. The molecule has 0 saturated carbocycles. The largest absolute Gasteiger partial charge is 0.422 e. The highest BCUT2D eigenvalue weighted by Gasteiger charge is 2.60. The summed E-state index contributed by atoms with van der Waals surface area (Å²) in [5, 5.41) is -1.49. The van der Waals surface area contributed by atoms with Gasteiger partial charge in [-0.15, -0.1) is 0 Å². The van der Waals surface area contributed by atoms with Crippen LogP contribution in [0.4, 0.5) is 0 Å². The Kier molecular flexibility index (Phi) is 3.98. The molecule has 1 unspecified atom stereocenters. The molecule has 0 spiro atoms. The van der Waals surface area contributed by atoms with Crippen LogP contribution in [0, 0.1) is 0 Å². The van der Waals surface area contributed by atoms with Crippen LogP contribution in [0.15, 0.2) is 11.1 Å². The molecule has 1 atom stereocenters. The van der Waals surface area contributed by atoms with Crippen molar-refractivity contribution in [3.63, 3.8) is 0 Å². The lowest BCUT2D eigenvalue weighted by molar-refractivity contribution is -0.117. The van der Waals surface area contributed by atoms with E-state index >= 15 is 0 Å². The first-order valence-electron chi connectivity index (χ1n) is 4.65. The number of alkyl halides is 1. The molecular weight excluding hydrogens is 271 g/mol. The summed E-state index contributed by atoms with van der Waals surface area (Å²) in [6.45, 7) is 5.83. The summed E-state index contributed by atoms with van der Waals surface area (Å²) in [4.78, 5) is 22.2. The van der Waals surface area contributed by atoms with Crippen molar-refractivity contribution < 1.29 is 14.3 Å². The Morgan fingerprint density at radius 1 is 1.56 bits per heavy atom. The van der Waals surface area contributed by atoms with Gasteiger partial charge in [0.1, 0.15) is 0 Å². The van der Waals surface area contributed by atoms with Crippen molar-refractivity contribution >= 4 is 46.0 Å². The summed E-state index contributed by atoms with van der Waals surface area (Å²) in [7, 11) is 0. The number of carbonyl (C=O) groups is 2. The van der Waals surface area contributed by atoms with Gasteiger partial charge in [0.05, 0.1) is 5.03 Å². The minimum Gasteiger partial charge on any atom is -0.422 e. The number of hydrogen-bond acceptors (Lipinski definition) is 4. The lowest BCUT2D eigenvalue weighted by Crippen LogP contribution is -2.11. The van der Waals surface area contributed by atoms with Crippen LogP contribution < -0.4 is 0 Å². The van der Waals surface area contributed by atoms with Crippen LogP contribution in [0.3, 0.4) is 0 Å². The van der Waals surface area contributed by atoms with Crippen LogP contribution in [0.5, 0.6) is 0 Å². The Morgan fingerprint density at radius 2 is 2.06 bits per heavy atom. The first-order valence-corrected chi connectivity index (χ1v) is 6.23. The molecule has 1 saturated heterocycles. The molecule has 0 aromatic carbocycles. The van der Waals surface area contributed by atoms with Crippen LogP contribution >= 0.6 is 35.0 Å². The standard InChI is InChI=1S/C10H12Cl2O3S/c1-9(2,3)16-7(13)5-4-6(11)10(12)8(14)15-10/h4H,5H2,1-3H3. The molecule has 0 bridgehead atoms. The highest BCUT2D eigenvalue weighted by Crippen LogP contribution is 2.43. The molecule has 0 aromatic heterocycles. The van der Waals surface area contributed by atoms with Crippen LogP contribution in [0.1, 0.15) is 27.2 Å². The zero-order chi connectivity index (χ0) is 12.6. The van der Waals surface area contributed by atoms with Gasteiger partial charge < -0.3 is 4.74 Å². The molecule has 3 nitrogen and oxygen atoms in total. The Bertz CT molecular complexity index is 360. The highest BCUT2D eigenvalue weighted by molar-refractivity contribution is 8.14. The van der Waals surface area contributed by atoms with Crippen molar-refractivity contribution in [2.75, 3.05) is 0 Å². The zero-order valence-corrected chi connectivity index (χ0v) is 11.5. The number of allylic oxidation sites excluding steroid dienone is 1. The quantitative estimate of drug-likeness (QED) is 0.590. The summed E-state index contributed by atoms with van der Waals surface area (Å²) in [6.07, 6.45) is 1.55. The summed E-state index contributed by atoms with van der Waals surface area (Å²) in [6, 6.07) is 0. The van der Waals surface area contributed by atoms with E-state index in [0.29, 0.717) is 0 Å². The lowest BCUT2D eigenvalue weighted by Gasteiger charge is -2.15. The van der Waals surface area contributed by atoms with Crippen LogP contribution in [-0.4, -0.2) is 20.9 Å². The number of cyclic esters (lactones) is 1. The van der Waals surface area contributed by atoms with Gasteiger partial charge in [0.15, 0.2) is 5.12 Å². The Balaban J connectivity index is 2.48. The second-order valence-electron chi connectivity index (χ2n) is 4.33. The van der Waals surface area contributed by atoms with Gasteiger partial charge in [-0.1, -0.05) is 61.8 Å². The van der Waals surface area contributed by atoms with E-state index in [2.05, 4.69) is 4.74 Å². The molecule has 0 amide bonds. The van der Waals surface area contributed by atoms with Crippen molar-refractivity contribution in [2.24, 2.45) is 0 Å². The molecule has 16 heavy (non-hydrogen) atoms. The molecular formula is C10H12Cl2O3S. The molecule has 0 N–H and O–H groups in total. The lowest BCUT2D eigenvalue weighted by atomic mass is 10.3. The minimum atomic E-state index is -1.52. The molecule has 90 valence electrons. The van der Waals surface area contributed by atoms with Gasteiger partial charge in [-0.2, -0.15) is 0 Å². The fourth-order valence-electron chi connectivity index (χ4n) is 0.936. The number of ether oxygens (including phenoxy) is 1. The Labute approximate surface area is 108 Å². The summed E-state index contributed by atoms with van der Waals surface area (Å²) in [5.41, 5.74) is 0. The van der Waals surface area contributed by atoms with E-state index in [-0.39, 0.29) is 21.3 Å². The first kappa shape index (κ1) is 13.9. The van der Waals surface area contributed by atoms with Gasteiger partial charge in [0.2, 0.25) is 0 Å². The van der Waals surface area contributed by atoms with Gasteiger partial charge in [0, 0.05) is 11.2 Å². The SMILES string of the molecule is CC(C)(C)SC(=O)CC=C(Cl)C1(Cl)OC1=O.